The number of amides is 1. The Bertz CT molecular complexity index is 890. The van der Waals surface area contributed by atoms with Gasteiger partial charge in [0.25, 0.3) is 0 Å². The molecule has 1 aliphatic rings. The van der Waals surface area contributed by atoms with E-state index in [1.165, 1.54) is 3.57 Å². The number of nitrogens with zero attached hydrogens (tertiary/aromatic N) is 2. The number of nitrogens with one attached hydrogen (secondary N) is 1. The van der Waals surface area contributed by atoms with Gasteiger partial charge < -0.3 is 0 Å². The van der Waals surface area contributed by atoms with Crippen LogP contribution in [-0.2, 0) is 0 Å². The number of benzene rings is 2. The molecule has 0 aliphatic carbocycles. The number of aromatic nitrogens is 1. The van der Waals surface area contributed by atoms with Gasteiger partial charge in [0.1, 0.15) is 0 Å². The van der Waals surface area contributed by atoms with Gasteiger partial charge in [0.2, 0.25) is 0 Å². The number of rotatable bonds is 6. The van der Waals surface area contributed by atoms with Gasteiger partial charge in [-0.2, -0.15) is 0 Å². The molecule has 0 bridgehead atoms. The van der Waals surface area contributed by atoms with Crippen molar-refractivity contribution in [2.24, 2.45) is 5.92 Å². The molecule has 2 heterocycles. The fourth-order valence-electron chi connectivity index (χ4n) is 3.25. The van der Waals surface area contributed by atoms with E-state index < -0.39 is 0 Å². The van der Waals surface area contributed by atoms with Crippen LogP contribution in [0, 0.1) is 9.49 Å². The Morgan fingerprint density at radius 1 is 1.07 bits per heavy atom. The SMILES string of the molecule is O=C(NCC1CCN([I-]c2ccccc2)CC1)c1cc(-c2ccccc2)on1. The van der Waals surface area contributed by atoms with Crippen LogP contribution >= 0.6 is 0 Å². The van der Waals surface area contributed by atoms with Gasteiger partial charge in [-0.3, -0.25) is 0 Å². The molecule has 2 aromatic carbocycles. The number of halogens is 1. The van der Waals surface area contributed by atoms with Crippen molar-refractivity contribution in [1.82, 2.24) is 13.6 Å². The molecule has 0 saturated carbocycles. The molecule has 1 aromatic heterocycles. The van der Waals surface area contributed by atoms with Gasteiger partial charge in [0.15, 0.2) is 0 Å². The van der Waals surface area contributed by atoms with E-state index >= 15 is 0 Å². The van der Waals surface area contributed by atoms with Crippen molar-refractivity contribution >= 4 is 5.91 Å². The summed E-state index contributed by atoms with van der Waals surface area (Å²) in [5.41, 5.74) is 1.26. The maximum atomic E-state index is 12.4. The molecule has 146 valence electrons. The zero-order chi connectivity index (χ0) is 19.2. The quantitative estimate of drug-likeness (QED) is 0.409. The van der Waals surface area contributed by atoms with Gasteiger partial charge in [-0.25, -0.2) is 0 Å². The van der Waals surface area contributed by atoms with Crippen LogP contribution in [0.1, 0.15) is 23.3 Å². The number of carbonyl (C=O) groups is 1. The average Bonchev–Trinajstić information content (AvgIpc) is 3.25. The first-order valence-corrected chi connectivity index (χ1v) is 11.6. The first-order valence-electron chi connectivity index (χ1n) is 9.53. The van der Waals surface area contributed by atoms with Crippen LogP contribution in [0.15, 0.2) is 71.3 Å². The minimum absolute atomic E-state index is 0.0694. The summed E-state index contributed by atoms with van der Waals surface area (Å²) in [5, 5.41) is 6.95. The Balaban J connectivity index is 1.23. The Kier molecular flexibility index (Phi) is 6.38. The van der Waals surface area contributed by atoms with E-state index in [-0.39, 0.29) is 27.4 Å². The first-order chi connectivity index (χ1) is 13.8. The van der Waals surface area contributed by atoms with Crippen molar-refractivity contribution in [3.8, 4) is 11.3 Å². The number of piperidine rings is 1. The fourth-order valence-corrected chi connectivity index (χ4v) is 5.81. The van der Waals surface area contributed by atoms with Gasteiger partial charge in [-0.15, -0.1) is 0 Å². The molecule has 5 nitrogen and oxygen atoms in total. The molecule has 0 unspecified atom stereocenters. The average molecular weight is 488 g/mol. The standard InChI is InChI=1S/C22H23IN3O2/c27-22(20-15-21(28-25-20)18-7-3-1-4-8-18)24-16-17-11-13-26(14-12-17)23-19-9-5-2-6-10-19/h1-10,15,17H,11-14,16H2,(H,24,27)/q-1. The second-order valence-electron chi connectivity index (χ2n) is 6.89. The van der Waals surface area contributed by atoms with Crippen LogP contribution in [0.25, 0.3) is 11.3 Å². The molecule has 0 radical (unpaired) electrons. The summed E-state index contributed by atoms with van der Waals surface area (Å²) in [5.74, 6) is 0.981. The summed E-state index contributed by atoms with van der Waals surface area (Å²) in [4.78, 5) is 12.4. The maximum absolute atomic E-state index is 12.4. The van der Waals surface area contributed by atoms with E-state index in [1.807, 2.05) is 30.3 Å². The summed E-state index contributed by atoms with van der Waals surface area (Å²) in [6.45, 7) is 2.93. The number of hydrogen-bond donors (Lipinski definition) is 1. The van der Waals surface area contributed by atoms with Gasteiger partial charge >= 0.3 is 158 Å². The zero-order valence-corrected chi connectivity index (χ0v) is 17.7. The van der Waals surface area contributed by atoms with Crippen LogP contribution in [0.3, 0.4) is 0 Å². The van der Waals surface area contributed by atoms with E-state index in [1.54, 1.807) is 6.07 Å². The zero-order valence-electron chi connectivity index (χ0n) is 15.6. The molecule has 0 spiro atoms. The van der Waals surface area contributed by atoms with Gasteiger partial charge in [0.05, 0.1) is 0 Å². The molecule has 28 heavy (non-hydrogen) atoms. The molecule has 1 N–H and O–H groups in total. The van der Waals surface area contributed by atoms with Crippen molar-refractivity contribution in [2.75, 3.05) is 19.6 Å². The fraction of sp³-hybridized carbons (Fsp3) is 0.273. The molecule has 0 atom stereocenters. The molecule has 1 fully saturated rings. The molecule has 1 amide bonds. The van der Waals surface area contributed by atoms with Crippen LogP contribution < -0.4 is 26.8 Å². The summed E-state index contributed by atoms with van der Waals surface area (Å²) >= 11 is -0.0694. The summed E-state index contributed by atoms with van der Waals surface area (Å²) in [6, 6.07) is 22.1. The molecular weight excluding hydrogens is 465 g/mol. The predicted octanol–water partition coefficient (Wildman–Crippen LogP) is 0.657. The molecule has 1 saturated heterocycles. The van der Waals surface area contributed by atoms with Crippen molar-refractivity contribution in [1.29, 1.82) is 0 Å². The molecule has 4 rings (SSSR count). The Morgan fingerprint density at radius 2 is 1.75 bits per heavy atom. The minimum atomic E-state index is -0.162. The normalized spacial score (nSPS) is 15.6. The third kappa shape index (κ3) is 4.99. The van der Waals surface area contributed by atoms with E-state index in [2.05, 4.69) is 43.9 Å². The third-order valence-electron chi connectivity index (χ3n) is 4.86. The van der Waals surface area contributed by atoms with E-state index in [0.29, 0.717) is 23.9 Å². The van der Waals surface area contributed by atoms with Gasteiger partial charge in [-0.1, -0.05) is 18.2 Å². The molecular formula is C22H23IN3O2-. The van der Waals surface area contributed by atoms with Crippen molar-refractivity contribution < 1.29 is 30.8 Å². The first kappa shape index (κ1) is 19.1. The van der Waals surface area contributed by atoms with Gasteiger partial charge in [0, 0.05) is 0 Å². The Hall–Kier alpha value is -2.19. The Morgan fingerprint density at radius 3 is 2.46 bits per heavy atom. The number of carbonyl (C=O) groups excluding carboxylic acids is 1. The number of hydrogen-bond acceptors (Lipinski definition) is 4. The van der Waals surface area contributed by atoms with Crippen molar-refractivity contribution in [2.45, 2.75) is 12.8 Å². The van der Waals surface area contributed by atoms with Crippen molar-refractivity contribution in [3.05, 3.63) is 76.0 Å². The van der Waals surface area contributed by atoms with Gasteiger partial charge in [-0.05, 0) is 0 Å². The molecule has 1 aliphatic heterocycles. The van der Waals surface area contributed by atoms with Crippen LogP contribution in [0.4, 0.5) is 0 Å². The summed E-state index contributed by atoms with van der Waals surface area (Å²) < 4.78 is 9.38. The van der Waals surface area contributed by atoms with E-state index in [9.17, 15) is 4.79 Å². The van der Waals surface area contributed by atoms with Crippen LogP contribution in [-0.4, -0.2) is 33.8 Å². The summed E-state index contributed by atoms with van der Waals surface area (Å²) in [6.07, 6.45) is 2.25. The predicted molar refractivity (Wildman–Crippen MR) is 104 cm³/mol. The Labute approximate surface area is 175 Å². The second kappa shape index (κ2) is 9.34. The van der Waals surface area contributed by atoms with E-state index in [0.717, 1.165) is 31.5 Å². The third-order valence-corrected chi connectivity index (χ3v) is 7.79. The molecule has 6 heteroatoms. The van der Waals surface area contributed by atoms with Crippen LogP contribution in [0.5, 0.6) is 0 Å². The van der Waals surface area contributed by atoms with E-state index in [4.69, 9.17) is 4.52 Å². The monoisotopic (exact) mass is 488 g/mol. The second-order valence-corrected chi connectivity index (χ2v) is 9.98. The molecule has 3 aromatic rings. The summed E-state index contributed by atoms with van der Waals surface area (Å²) in [7, 11) is 0. The van der Waals surface area contributed by atoms with Crippen molar-refractivity contribution in [3.63, 3.8) is 0 Å². The topological polar surface area (TPSA) is 58.4 Å². The van der Waals surface area contributed by atoms with Crippen LogP contribution in [0.2, 0.25) is 0 Å².